The number of rotatable bonds is 7. The van der Waals surface area contributed by atoms with Gasteiger partial charge in [0.25, 0.3) is 0 Å². The highest BCUT2D eigenvalue weighted by Crippen LogP contribution is 2.27. The minimum absolute atomic E-state index is 0.120. The Morgan fingerprint density at radius 1 is 1.44 bits per heavy atom. The smallest absolute Gasteiger partial charge is 0.310 e. The number of nitro benzene ring substituents is 1. The van der Waals surface area contributed by atoms with Gasteiger partial charge in [0.15, 0.2) is 5.75 Å². The molecule has 98 valence electrons. The molecule has 0 unspecified atom stereocenters. The second kappa shape index (κ2) is 6.70. The van der Waals surface area contributed by atoms with Crippen molar-refractivity contribution in [2.24, 2.45) is 0 Å². The molecule has 0 aliphatic heterocycles. The number of benzene rings is 1. The molecule has 0 N–H and O–H groups in total. The highest BCUT2D eigenvalue weighted by atomic mass is 16.6. The number of ether oxygens (including phenoxy) is 1. The molecule has 0 aliphatic carbocycles. The highest BCUT2D eigenvalue weighted by Gasteiger charge is 2.15. The summed E-state index contributed by atoms with van der Waals surface area (Å²) in [5.41, 5.74) is 0.244. The third kappa shape index (κ3) is 4.14. The second-order valence-electron chi connectivity index (χ2n) is 4.11. The van der Waals surface area contributed by atoms with Gasteiger partial charge in [-0.15, -0.1) is 0 Å². The van der Waals surface area contributed by atoms with Crippen molar-refractivity contribution in [2.75, 3.05) is 27.2 Å². The first-order valence-corrected chi connectivity index (χ1v) is 5.55. The molecular formula is C12H16N2O4. The van der Waals surface area contributed by atoms with Gasteiger partial charge in [0.1, 0.15) is 6.29 Å². The number of nitrogens with zero attached hydrogens (tertiary/aromatic N) is 2. The van der Waals surface area contributed by atoms with E-state index in [4.69, 9.17) is 4.74 Å². The molecule has 1 aromatic carbocycles. The topological polar surface area (TPSA) is 72.7 Å². The summed E-state index contributed by atoms with van der Waals surface area (Å²) in [6.45, 7) is 1.21. The van der Waals surface area contributed by atoms with E-state index in [0.29, 0.717) is 18.5 Å². The fraction of sp³-hybridized carbons (Fsp3) is 0.417. The minimum Gasteiger partial charge on any atom is -0.487 e. The van der Waals surface area contributed by atoms with Crippen LogP contribution < -0.4 is 4.74 Å². The van der Waals surface area contributed by atoms with Crippen LogP contribution in [0.5, 0.6) is 5.75 Å². The SMILES string of the molecule is CN(C)CCCOc1cc(C=O)ccc1[N+](=O)[O-]. The fourth-order valence-corrected chi connectivity index (χ4v) is 1.43. The van der Waals surface area contributed by atoms with Crippen molar-refractivity contribution in [3.63, 3.8) is 0 Å². The zero-order chi connectivity index (χ0) is 13.5. The Labute approximate surface area is 105 Å². The number of hydrogen-bond donors (Lipinski definition) is 0. The molecular weight excluding hydrogens is 236 g/mol. The summed E-state index contributed by atoms with van der Waals surface area (Å²) >= 11 is 0. The van der Waals surface area contributed by atoms with Gasteiger partial charge in [-0.2, -0.15) is 0 Å². The zero-order valence-corrected chi connectivity index (χ0v) is 10.5. The lowest BCUT2D eigenvalue weighted by molar-refractivity contribution is -0.385. The van der Waals surface area contributed by atoms with Gasteiger partial charge in [-0.25, -0.2) is 0 Å². The lowest BCUT2D eigenvalue weighted by atomic mass is 10.2. The summed E-state index contributed by atoms with van der Waals surface area (Å²) in [5, 5.41) is 10.8. The number of aldehydes is 1. The van der Waals surface area contributed by atoms with Crippen LogP contribution in [0, 0.1) is 10.1 Å². The Morgan fingerprint density at radius 3 is 2.72 bits per heavy atom. The molecule has 18 heavy (non-hydrogen) atoms. The molecule has 6 heteroatoms. The van der Waals surface area contributed by atoms with E-state index in [0.717, 1.165) is 13.0 Å². The van der Waals surface area contributed by atoms with Crippen LogP contribution in [0.1, 0.15) is 16.8 Å². The van der Waals surface area contributed by atoms with Crippen LogP contribution in [-0.2, 0) is 0 Å². The Bertz CT molecular complexity index is 432. The predicted octanol–water partition coefficient (Wildman–Crippen LogP) is 1.74. The van der Waals surface area contributed by atoms with E-state index in [1.807, 2.05) is 19.0 Å². The van der Waals surface area contributed by atoms with Gasteiger partial charge in [-0.05, 0) is 32.6 Å². The van der Waals surface area contributed by atoms with Gasteiger partial charge in [-0.1, -0.05) is 0 Å². The standard InChI is InChI=1S/C12H16N2O4/c1-13(2)6-3-7-18-12-8-10(9-15)4-5-11(12)14(16)17/h4-5,8-9H,3,6-7H2,1-2H3. The van der Waals surface area contributed by atoms with Crippen molar-refractivity contribution in [3.8, 4) is 5.75 Å². The van der Waals surface area contributed by atoms with Crippen molar-refractivity contribution in [3.05, 3.63) is 33.9 Å². The third-order valence-corrected chi connectivity index (χ3v) is 2.32. The van der Waals surface area contributed by atoms with Crippen molar-refractivity contribution in [2.45, 2.75) is 6.42 Å². The van der Waals surface area contributed by atoms with Crippen LogP contribution in [0.3, 0.4) is 0 Å². The van der Waals surface area contributed by atoms with Crippen LogP contribution >= 0.6 is 0 Å². The van der Waals surface area contributed by atoms with Crippen LogP contribution in [-0.4, -0.2) is 43.4 Å². The van der Waals surface area contributed by atoms with Gasteiger partial charge in [0.05, 0.1) is 11.5 Å². The highest BCUT2D eigenvalue weighted by molar-refractivity contribution is 5.76. The van der Waals surface area contributed by atoms with Crippen LogP contribution in [0.25, 0.3) is 0 Å². The molecule has 0 aliphatic rings. The first-order chi connectivity index (χ1) is 8.54. The number of carbonyl (C=O) groups excluding carboxylic acids is 1. The van der Waals surface area contributed by atoms with E-state index in [-0.39, 0.29) is 11.4 Å². The number of carbonyl (C=O) groups is 1. The van der Waals surface area contributed by atoms with E-state index in [9.17, 15) is 14.9 Å². The van der Waals surface area contributed by atoms with Crippen molar-refractivity contribution in [1.29, 1.82) is 0 Å². The quantitative estimate of drug-likeness (QED) is 0.320. The minimum atomic E-state index is -0.518. The first-order valence-electron chi connectivity index (χ1n) is 5.55. The van der Waals surface area contributed by atoms with E-state index in [2.05, 4.69) is 0 Å². The Hall–Kier alpha value is -1.95. The molecule has 0 aromatic heterocycles. The predicted molar refractivity (Wildman–Crippen MR) is 67.1 cm³/mol. The summed E-state index contributed by atoms with van der Waals surface area (Å²) in [5.74, 6) is 0.142. The molecule has 1 aromatic rings. The Kier molecular flexibility index (Phi) is 5.26. The maximum absolute atomic E-state index is 10.8. The van der Waals surface area contributed by atoms with Crippen LogP contribution in [0.2, 0.25) is 0 Å². The van der Waals surface area contributed by atoms with E-state index >= 15 is 0 Å². The Balaban J connectivity index is 2.72. The Morgan fingerprint density at radius 2 is 2.17 bits per heavy atom. The van der Waals surface area contributed by atoms with Gasteiger partial charge < -0.3 is 9.64 Å². The molecule has 0 bridgehead atoms. The van der Waals surface area contributed by atoms with E-state index < -0.39 is 4.92 Å². The average molecular weight is 252 g/mol. The molecule has 0 amide bonds. The molecule has 0 saturated carbocycles. The van der Waals surface area contributed by atoms with Crippen molar-refractivity contribution in [1.82, 2.24) is 4.90 Å². The zero-order valence-electron chi connectivity index (χ0n) is 10.5. The second-order valence-corrected chi connectivity index (χ2v) is 4.11. The summed E-state index contributed by atoms with van der Waals surface area (Å²) in [6, 6.07) is 4.07. The maximum atomic E-state index is 10.8. The molecule has 0 spiro atoms. The molecule has 0 saturated heterocycles. The molecule has 1 rings (SSSR count). The van der Waals surface area contributed by atoms with Crippen LogP contribution in [0.15, 0.2) is 18.2 Å². The average Bonchev–Trinajstić information content (AvgIpc) is 2.33. The van der Waals surface area contributed by atoms with Crippen molar-refractivity contribution < 1.29 is 14.5 Å². The normalized spacial score (nSPS) is 10.4. The maximum Gasteiger partial charge on any atom is 0.310 e. The molecule has 0 heterocycles. The largest absolute Gasteiger partial charge is 0.487 e. The molecule has 0 atom stereocenters. The lowest BCUT2D eigenvalue weighted by Gasteiger charge is -2.10. The molecule has 6 nitrogen and oxygen atoms in total. The van der Waals surface area contributed by atoms with Crippen molar-refractivity contribution >= 4 is 12.0 Å². The van der Waals surface area contributed by atoms with E-state index in [1.54, 1.807) is 0 Å². The number of nitro groups is 1. The fourth-order valence-electron chi connectivity index (χ4n) is 1.43. The lowest BCUT2D eigenvalue weighted by Crippen LogP contribution is -2.15. The van der Waals surface area contributed by atoms with Crippen LogP contribution in [0.4, 0.5) is 5.69 Å². The summed E-state index contributed by atoms with van der Waals surface area (Å²) in [4.78, 5) is 22.9. The van der Waals surface area contributed by atoms with Gasteiger partial charge in [-0.3, -0.25) is 14.9 Å². The third-order valence-electron chi connectivity index (χ3n) is 2.32. The summed E-state index contributed by atoms with van der Waals surface area (Å²) < 4.78 is 5.36. The number of hydrogen-bond acceptors (Lipinski definition) is 5. The summed E-state index contributed by atoms with van der Waals surface area (Å²) in [6.07, 6.45) is 1.39. The van der Waals surface area contributed by atoms with Gasteiger partial charge in [0, 0.05) is 18.2 Å². The van der Waals surface area contributed by atoms with Gasteiger partial charge in [0.2, 0.25) is 0 Å². The van der Waals surface area contributed by atoms with Gasteiger partial charge >= 0.3 is 5.69 Å². The summed E-state index contributed by atoms with van der Waals surface area (Å²) in [7, 11) is 3.88. The van der Waals surface area contributed by atoms with E-state index in [1.165, 1.54) is 18.2 Å². The molecule has 0 fully saturated rings. The molecule has 0 radical (unpaired) electrons. The first kappa shape index (κ1) is 14.1. The monoisotopic (exact) mass is 252 g/mol.